The molecule has 4 rings (SSSR count). The average Bonchev–Trinajstić information content (AvgIpc) is 3.14. The summed E-state index contributed by atoms with van der Waals surface area (Å²) in [6, 6.07) is 13.5. The van der Waals surface area contributed by atoms with Gasteiger partial charge in [0.25, 0.3) is 5.56 Å². The van der Waals surface area contributed by atoms with Crippen molar-refractivity contribution in [2.24, 2.45) is 4.99 Å². The van der Waals surface area contributed by atoms with Crippen molar-refractivity contribution in [3.05, 3.63) is 80.2 Å². The number of fused-ring (bicyclic) bond motifs is 1. The van der Waals surface area contributed by atoms with Crippen LogP contribution < -0.4 is 5.56 Å². The average molecular weight is 350 g/mol. The first-order chi connectivity index (χ1) is 12.0. The van der Waals surface area contributed by atoms with Gasteiger partial charge in [0, 0.05) is 28.1 Å². The van der Waals surface area contributed by atoms with Crippen molar-refractivity contribution in [2.45, 2.75) is 13.8 Å². The van der Waals surface area contributed by atoms with Crippen molar-refractivity contribution in [1.29, 1.82) is 0 Å². The molecule has 25 heavy (non-hydrogen) atoms. The van der Waals surface area contributed by atoms with Crippen LogP contribution in [-0.2, 0) is 0 Å². The number of allylic oxidation sites excluding steroid dienone is 1. The summed E-state index contributed by atoms with van der Waals surface area (Å²) in [5.74, 6) is 0. The van der Waals surface area contributed by atoms with E-state index >= 15 is 0 Å². The Morgan fingerprint density at radius 3 is 2.76 bits per heavy atom. The van der Waals surface area contributed by atoms with Gasteiger partial charge in [0.05, 0.1) is 16.9 Å². The lowest BCUT2D eigenvalue weighted by molar-refractivity contribution is 0.835. The Hall–Kier alpha value is -2.85. The van der Waals surface area contributed by atoms with E-state index in [-0.39, 0.29) is 5.56 Å². The lowest BCUT2D eigenvalue weighted by Gasteiger charge is -2.04. The maximum Gasteiger partial charge on any atom is 0.278 e. The third-order valence-corrected chi connectivity index (χ3v) is 4.80. The smallest absolute Gasteiger partial charge is 0.278 e. The number of nitrogens with zero attached hydrogens (tertiary/aromatic N) is 2. The molecule has 1 aromatic heterocycles. The highest BCUT2D eigenvalue weighted by Gasteiger charge is 2.15. The molecule has 1 N–H and O–H groups in total. The number of halogens is 1. The van der Waals surface area contributed by atoms with Crippen LogP contribution in [0, 0.1) is 13.8 Å². The molecule has 1 aliphatic rings. The second kappa shape index (κ2) is 5.90. The first-order valence-electron chi connectivity index (χ1n) is 7.98. The maximum absolute atomic E-state index is 12.9. The van der Waals surface area contributed by atoms with Gasteiger partial charge in [-0.05, 0) is 43.7 Å². The molecule has 0 atom stereocenters. The molecule has 0 unspecified atom stereocenters. The Bertz CT molecular complexity index is 1100. The van der Waals surface area contributed by atoms with Crippen molar-refractivity contribution >= 4 is 35.2 Å². The second-order valence-corrected chi connectivity index (χ2v) is 6.51. The van der Waals surface area contributed by atoms with E-state index in [0.29, 0.717) is 16.3 Å². The summed E-state index contributed by atoms with van der Waals surface area (Å²) in [5.41, 5.74) is 5.89. The molecule has 0 bridgehead atoms. The van der Waals surface area contributed by atoms with Gasteiger partial charge < -0.3 is 0 Å². The Labute approximate surface area is 150 Å². The molecule has 0 amide bonds. The molecular weight excluding hydrogens is 334 g/mol. The quantitative estimate of drug-likeness (QED) is 0.716. The van der Waals surface area contributed by atoms with Gasteiger partial charge in [-0.3, -0.25) is 14.9 Å². The van der Waals surface area contributed by atoms with E-state index in [0.717, 1.165) is 28.1 Å². The minimum absolute atomic E-state index is 0.109. The number of aryl methyl sites for hydroxylation is 2. The molecule has 2 aromatic carbocycles. The highest BCUT2D eigenvalue weighted by molar-refractivity contribution is 6.31. The number of rotatable bonds is 2. The van der Waals surface area contributed by atoms with Gasteiger partial charge in [-0.15, -0.1) is 0 Å². The van der Waals surface area contributed by atoms with Crippen LogP contribution in [0.15, 0.2) is 52.3 Å². The van der Waals surface area contributed by atoms with E-state index in [1.807, 2.05) is 56.3 Å². The minimum Gasteiger partial charge on any atom is -0.295 e. The summed E-state index contributed by atoms with van der Waals surface area (Å²) in [6.07, 6.45) is 3.68. The molecule has 0 spiro atoms. The van der Waals surface area contributed by atoms with E-state index in [1.54, 1.807) is 12.3 Å². The van der Waals surface area contributed by atoms with Crippen LogP contribution >= 0.6 is 11.6 Å². The highest BCUT2D eigenvalue weighted by Crippen LogP contribution is 2.32. The van der Waals surface area contributed by atoms with E-state index in [9.17, 15) is 4.79 Å². The molecule has 5 heteroatoms. The minimum atomic E-state index is -0.109. The van der Waals surface area contributed by atoms with Crippen LogP contribution in [0.3, 0.4) is 0 Å². The first-order valence-corrected chi connectivity index (χ1v) is 8.36. The summed E-state index contributed by atoms with van der Waals surface area (Å²) >= 11 is 6.20. The van der Waals surface area contributed by atoms with Crippen molar-refractivity contribution < 1.29 is 0 Å². The molecule has 0 aliphatic carbocycles. The van der Waals surface area contributed by atoms with Crippen molar-refractivity contribution in [3.63, 3.8) is 0 Å². The zero-order chi connectivity index (χ0) is 17.6. The number of hydrogen-bond acceptors (Lipinski definition) is 2. The predicted molar refractivity (Wildman–Crippen MR) is 103 cm³/mol. The third-order valence-electron chi connectivity index (χ3n) is 4.39. The van der Waals surface area contributed by atoms with Crippen LogP contribution in [-0.4, -0.2) is 16.0 Å². The number of benzene rings is 2. The number of aliphatic imine (C=N–C) groups is 1. The Balaban J connectivity index is 1.82. The first kappa shape index (κ1) is 15.7. The van der Waals surface area contributed by atoms with Crippen molar-refractivity contribution in [3.8, 4) is 5.69 Å². The SMILES string of the molecule is Cc1ccc(-n2[nH]c(C)c(/C=C3\C=Nc4ccccc43)c2=O)cc1Cl. The van der Waals surface area contributed by atoms with Gasteiger partial charge in [0.15, 0.2) is 0 Å². The third kappa shape index (κ3) is 2.65. The lowest BCUT2D eigenvalue weighted by Crippen LogP contribution is -2.16. The molecule has 3 aromatic rings. The molecule has 1 aliphatic heterocycles. The number of aromatic amines is 1. The number of H-pyrrole nitrogens is 1. The van der Waals surface area contributed by atoms with Crippen molar-refractivity contribution in [1.82, 2.24) is 9.78 Å². The maximum atomic E-state index is 12.9. The van der Waals surface area contributed by atoms with Crippen LogP contribution in [0.2, 0.25) is 5.02 Å². The normalized spacial score (nSPS) is 14.3. The Kier molecular flexibility index (Phi) is 3.70. The number of nitrogens with one attached hydrogen (secondary N) is 1. The monoisotopic (exact) mass is 349 g/mol. The number of para-hydroxylation sites is 1. The summed E-state index contributed by atoms with van der Waals surface area (Å²) < 4.78 is 1.52. The summed E-state index contributed by atoms with van der Waals surface area (Å²) in [5, 5.41) is 3.76. The predicted octanol–water partition coefficient (Wildman–Crippen LogP) is 4.69. The number of hydrogen-bond donors (Lipinski definition) is 1. The largest absolute Gasteiger partial charge is 0.295 e. The Morgan fingerprint density at radius 1 is 1.16 bits per heavy atom. The molecule has 124 valence electrons. The molecule has 0 fully saturated rings. The molecular formula is C20H16ClN3O. The fourth-order valence-electron chi connectivity index (χ4n) is 2.94. The standard InChI is InChI=1S/C20H16ClN3O/c1-12-7-8-15(10-18(12)21)24-20(25)17(13(2)23-24)9-14-11-22-19-6-4-3-5-16(14)19/h3-11,23H,1-2H3/b14-9+. The van der Waals surface area contributed by atoms with Gasteiger partial charge in [-0.2, -0.15) is 0 Å². The fraction of sp³-hybridized carbons (Fsp3) is 0.100. The highest BCUT2D eigenvalue weighted by atomic mass is 35.5. The van der Waals surface area contributed by atoms with Crippen molar-refractivity contribution in [2.75, 3.05) is 0 Å². The lowest BCUT2D eigenvalue weighted by atomic mass is 10.0. The Morgan fingerprint density at radius 2 is 1.96 bits per heavy atom. The van der Waals surface area contributed by atoms with Gasteiger partial charge in [-0.25, -0.2) is 4.68 Å². The molecule has 4 nitrogen and oxygen atoms in total. The molecule has 0 radical (unpaired) electrons. The molecule has 0 saturated heterocycles. The molecule has 0 saturated carbocycles. The van der Waals surface area contributed by atoms with E-state index in [4.69, 9.17) is 11.6 Å². The summed E-state index contributed by atoms with van der Waals surface area (Å²) in [6.45, 7) is 3.82. The van der Waals surface area contributed by atoms with Crippen LogP contribution in [0.25, 0.3) is 17.3 Å². The van der Waals surface area contributed by atoms with Gasteiger partial charge >= 0.3 is 0 Å². The topological polar surface area (TPSA) is 50.1 Å². The van der Waals surface area contributed by atoms with Crippen LogP contribution in [0.1, 0.15) is 22.4 Å². The fourth-order valence-corrected chi connectivity index (χ4v) is 3.12. The van der Waals surface area contributed by atoms with Crippen LogP contribution in [0.4, 0.5) is 5.69 Å². The zero-order valence-electron chi connectivity index (χ0n) is 13.9. The van der Waals surface area contributed by atoms with Gasteiger partial charge in [0.2, 0.25) is 0 Å². The van der Waals surface area contributed by atoms with E-state index in [1.165, 1.54) is 4.68 Å². The zero-order valence-corrected chi connectivity index (χ0v) is 14.6. The number of aromatic nitrogens is 2. The van der Waals surface area contributed by atoms with E-state index < -0.39 is 0 Å². The summed E-state index contributed by atoms with van der Waals surface area (Å²) in [7, 11) is 0. The second-order valence-electron chi connectivity index (χ2n) is 6.10. The van der Waals surface area contributed by atoms with E-state index in [2.05, 4.69) is 10.1 Å². The summed E-state index contributed by atoms with van der Waals surface area (Å²) in [4.78, 5) is 17.3. The van der Waals surface area contributed by atoms with Gasteiger partial charge in [-0.1, -0.05) is 35.9 Å². The molecule has 2 heterocycles. The van der Waals surface area contributed by atoms with Gasteiger partial charge in [0.1, 0.15) is 0 Å². The van der Waals surface area contributed by atoms with Crippen LogP contribution in [0.5, 0.6) is 0 Å².